The van der Waals surface area contributed by atoms with E-state index in [0.717, 1.165) is 6.07 Å². The summed E-state index contributed by atoms with van der Waals surface area (Å²) in [4.78, 5) is 27.4. The summed E-state index contributed by atoms with van der Waals surface area (Å²) in [6, 6.07) is 5.59. The van der Waals surface area contributed by atoms with Gasteiger partial charge in [-0.3, -0.25) is 9.59 Å². The van der Waals surface area contributed by atoms with E-state index in [-0.39, 0.29) is 17.5 Å². The second-order valence-corrected chi connectivity index (χ2v) is 5.42. The zero-order valence-electron chi connectivity index (χ0n) is 12.8. The Bertz CT molecular complexity index is 947. The van der Waals surface area contributed by atoms with Gasteiger partial charge in [-0.1, -0.05) is 0 Å². The van der Waals surface area contributed by atoms with Gasteiger partial charge in [-0.2, -0.15) is 0 Å². The maximum atomic E-state index is 13.5. The number of nitrogens with one attached hydrogen (secondary N) is 2. The van der Waals surface area contributed by atoms with Gasteiger partial charge in [0.15, 0.2) is 0 Å². The van der Waals surface area contributed by atoms with Crippen molar-refractivity contribution in [1.82, 2.24) is 10.3 Å². The first-order valence-corrected chi connectivity index (χ1v) is 7.28. The monoisotopic (exact) mass is 330 g/mol. The number of carbonyl (C=O) groups excluding carboxylic acids is 1. The van der Waals surface area contributed by atoms with Crippen LogP contribution in [0.2, 0.25) is 0 Å². The Balaban J connectivity index is 1.85. The van der Waals surface area contributed by atoms with Crippen molar-refractivity contribution in [2.24, 2.45) is 0 Å². The lowest BCUT2D eigenvalue weighted by molar-refractivity contribution is 0.0900. The molecule has 7 heteroatoms. The van der Waals surface area contributed by atoms with Crippen LogP contribution in [0.15, 0.2) is 45.9 Å². The Hall–Kier alpha value is -2.93. The van der Waals surface area contributed by atoms with Crippen LogP contribution < -0.4 is 10.7 Å². The van der Waals surface area contributed by atoms with Crippen molar-refractivity contribution in [1.29, 1.82) is 0 Å². The number of rotatable bonds is 4. The molecule has 0 saturated heterocycles. The largest absolute Gasteiger partial charge is 0.467 e. The Morgan fingerprint density at radius 3 is 2.96 bits per heavy atom. The lowest BCUT2D eigenvalue weighted by Gasteiger charge is -2.10. The molecule has 1 unspecified atom stereocenters. The van der Waals surface area contributed by atoms with Crippen molar-refractivity contribution < 1.29 is 18.7 Å². The van der Waals surface area contributed by atoms with Crippen LogP contribution in [0, 0.1) is 12.7 Å². The fourth-order valence-corrected chi connectivity index (χ4v) is 2.50. The molecular weight excluding hydrogens is 315 g/mol. The summed E-state index contributed by atoms with van der Waals surface area (Å²) in [6.45, 7) is 1.55. The number of aryl methyl sites for hydroxylation is 1. The summed E-state index contributed by atoms with van der Waals surface area (Å²) in [6.07, 6.45) is 1.67. The molecule has 2 aromatic heterocycles. The van der Waals surface area contributed by atoms with E-state index in [1.54, 1.807) is 19.1 Å². The van der Waals surface area contributed by atoms with Crippen molar-refractivity contribution in [3.05, 3.63) is 69.7 Å². The topological polar surface area (TPSA) is 95.3 Å². The molecule has 6 nitrogen and oxygen atoms in total. The summed E-state index contributed by atoms with van der Waals surface area (Å²) in [5.41, 5.74) is 0.325. The highest BCUT2D eigenvalue weighted by Gasteiger charge is 2.17. The number of hydrogen-bond acceptors (Lipinski definition) is 4. The molecule has 3 N–H and O–H groups in total. The van der Waals surface area contributed by atoms with Gasteiger partial charge in [0.05, 0.1) is 18.3 Å². The van der Waals surface area contributed by atoms with Gasteiger partial charge >= 0.3 is 0 Å². The second-order valence-electron chi connectivity index (χ2n) is 5.42. The molecule has 124 valence electrons. The molecule has 0 spiro atoms. The smallest absolute Gasteiger partial charge is 0.256 e. The van der Waals surface area contributed by atoms with E-state index in [9.17, 15) is 19.1 Å². The third-order valence-corrected chi connectivity index (χ3v) is 3.72. The standard InChI is InChI=1S/C17H15FN2O4/c1-9-5-10(18)6-11-15(9)19-7-12(16(11)22)17(23)20-8-13(21)14-3-2-4-24-14/h2-7,13,21H,8H2,1H3,(H,19,22)(H,20,23). The number of hydrogen-bond donors (Lipinski definition) is 3. The molecule has 0 saturated carbocycles. The van der Waals surface area contributed by atoms with Crippen LogP contribution in [0.25, 0.3) is 10.9 Å². The minimum absolute atomic E-state index is 0.103. The number of benzene rings is 1. The predicted molar refractivity (Wildman–Crippen MR) is 85.3 cm³/mol. The number of furan rings is 1. The molecule has 3 aromatic rings. The number of carbonyl (C=O) groups is 1. The fraction of sp³-hybridized carbons (Fsp3) is 0.176. The van der Waals surface area contributed by atoms with Crippen LogP contribution in [0.4, 0.5) is 4.39 Å². The van der Waals surface area contributed by atoms with Crippen LogP contribution >= 0.6 is 0 Å². The Kier molecular flexibility index (Phi) is 4.18. The Morgan fingerprint density at radius 1 is 1.46 bits per heavy atom. The first kappa shape index (κ1) is 15.9. The van der Waals surface area contributed by atoms with Gasteiger partial charge < -0.3 is 19.8 Å². The lowest BCUT2D eigenvalue weighted by Crippen LogP contribution is -2.32. The zero-order chi connectivity index (χ0) is 17.3. The molecule has 0 bridgehead atoms. The van der Waals surface area contributed by atoms with Crippen LogP contribution in [-0.2, 0) is 0 Å². The number of aromatic amines is 1. The van der Waals surface area contributed by atoms with Crippen LogP contribution in [-0.4, -0.2) is 22.5 Å². The van der Waals surface area contributed by atoms with Crippen molar-refractivity contribution in [3.63, 3.8) is 0 Å². The minimum atomic E-state index is -1.02. The Morgan fingerprint density at radius 2 is 2.25 bits per heavy atom. The van der Waals surface area contributed by atoms with Gasteiger partial charge in [-0.05, 0) is 36.8 Å². The van der Waals surface area contributed by atoms with E-state index in [0.29, 0.717) is 16.8 Å². The first-order chi connectivity index (χ1) is 11.5. The molecule has 24 heavy (non-hydrogen) atoms. The van der Waals surface area contributed by atoms with E-state index >= 15 is 0 Å². The van der Waals surface area contributed by atoms with Gasteiger partial charge in [0.2, 0.25) is 5.43 Å². The van der Waals surface area contributed by atoms with Crippen LogP contribution in [0.1, 0.15) is 27.8 Å². The van der Waals surface area contributed by atoms with Crippen molar-refractivity contribution in [2.75, 3.05) is 6.54 Å². The molecule has 2 heterocycles. The average Bonchev–Trinajstić information content (AvgIpc) is 3.08. The van der Waals surface area contributed by atoms with Gasteiger partial charge in [0, 0.05) is 11.6 Å². The maximum absolute atomic E-state index is 13.5. The first-order valence-electron chi connectivity index (χ1n) is 7.28. The maximum Gasteiger partial charge on any atom is 0.256 e. The molecule has 1 aromatic carbocycles. The van der Waals surface area contributed by atoms with E-state index in [2.05, 4.69) is 10.3 Å². The molecule has 0 aliphatic heterocycles. The summed E-state index contributed by atoms with van der Waals surface area (Å²) < 4.78 is 18.6. The number of H-pyrrole nitrogens is 1. The minimum Gasteiger partial charge on any atom is -0.467 e. The number of aliphatic hydroxyl groups is 1. The van der Waals surface area contributed by atoms with E-state index < -0.39 is 23.3 Å². The number of amides is 1. The number of halogens is 1. The predicted octanol–water partition coefficient (Wildman–Crippen LogP) is 2.03. The number of aliphatic hydroxyl groups excluding tert-OH is 1. The quantitative estimate of drug-likeness (QED) is 0.682. The highest BCUT2D eigenvalue weighted by molar-refractivity contribution is 5.97. The second kappa shape index (κ2) is 6.29. The number of fused-ring (bicyclic) bond motifs is 1. The van der Waals surface area contributed by atoms with Gasteiger partial charge in [-0.15, -0.1) is 0 Å². The van der Waals surface area contributed by atoms with Crippen molar-refractivity contribution >= 4 is 16.8 Å². The molecule has 0 radical (unpaired) electrons. The van der Waals surface area contributed by atoms with E-state index in [1.165, 1.54) is 18.5 Å². The molecule has 0 aliphatic carbocycles. The number of aromatic nitrogens is 1. The van der Waals surface area contributed by atoms with Crippen molar-refractivity contribution in [2.45, 2.75) is 13.0 Å². The van der Waals surface area contributed by atoms with Gasteiger partial charge in [-0.25, -0.2) is 4.39 Å². The summed E-state index contributed by atoms with van der Waals surface area (Å²) in [5, 5.41) is 12.4. The number of pyridine rings is 1. The molecule has 0 fully saturated rings. The highest BCUT2D eigenvalue weighted by atomic mass is 19.1. The third-order valence-electron chi connectivity index (χ3n) is 3.72. The SMILES string of the molecule is Cc1cc(F)cc2c(=O)c(C(=O)NCC(O)c3ccco3)c[nH]c12. The molecule has 0 aliphatic rings. The Labute approximate surface area is 135 Å². The molecule has 1 amide bonds. The fourth-order valence-electron chi connectivity index (χ4n) is 2.50. The van der Waals surface area contributed by atoms with E-state index in [4.69, 9.17) is 4.42 Å². The highest BCUT2D eigenvalue weighted by Crippen LogP contribution is 2.16. The van der Waals surface area contributed by atoms with Gasteiger partial charge in [0.25, 0.3) is 5.91 Å². The van der Waals surface area contributed by atoms with Gasteiger partial charge in [0.1, 0.15) is 23.2 Å². The third kappa shape index (κ3) is 2.93. The summed E-state index contributed by atoms with van der Waals surface area (Å²) in [7, 11) is 0. The van der Waals surface area contributed by atoms with Crippen LogP contribution in [0.3, 0.4) is 0 Å². The molecule has 1 atom stereocenters. The normalized spacial score (nSPS) is 12.3. The molecule has 3 rings (SSSR count). The van der Waals surface area contributed by atoms with E-state index in [1.807, 2.05) is 0 Å². The summed E-state index contributed by atoms with van der Waals surface area (Å²) in [5.74, 6) is -0.901. The lowest BCUT2D eigenvalue weighted by atomic mass is 10.1. The zero-order valence-corrected chi connectivity index (χ0v) is 12.8. The average molecular weight is 330 g/mol. The molecular formula is C17H15FN2O4. The van der Waals surface area contributed by atoms with Crippen molar-refractivity contribution in [3.8, 4) is 0 Å². The van der Waals surface area contributed by atoms with Crippen LogP contribution in [0.5, 0.6) is 0 Å². The summed E-state index contributed by atoms with van der Waals surface area (Å²) >= 11 is 0.